The van der Waals surface area contributed by atoms with Crippen LogP contribution >= 0.6 is 0 Å². The van der Waals surface area contributed by atoms with Crippen molar-refractivity contribution >= 4 is 65.4 Å². The topological polar surface area (TPSA) is 43.9 Å². The van der Waals surface area contributed by atoms with Crippen LogP contribution in [-0.2, 0) is 0 Å². The maximum absolute atomic E-state index is 6.41. The van der Waals surface area contributed by atoms with Gasteiger partial charge in [-0.3, -0.25) is 4.57 Å². The third kappa shape index (κ3) is 4.34. The summed E-state index contributed by atoms with van der Waals surface area (Å²) in [5, 5.41) is 7.81. The van der Waals surface area contributed by atoms with Gasteiger partial charge in [0.15, 0.2) is 0 Å². The first-order chi connectivity index (χ1) is 25.8. The van der Waals surface area contributed by atoms with E-state index in [-0.39, 0.29) is 0 Å². The Balaban J connectivity index is 1.31. The summed E-state index contributed by atoms with van der Waals surface area (Å²) in [5.74, 6) is 0.625. The molecule has 11 aromatic rings. The molecule has 0 amide bonds. The fraction of sp³-hybridized carbons (Fsp3) is 0. The van der Waals surface area contributed by atoms with Crippen molar-refractivity contribution in [1.29, 1.82) is 0 Å². The van der Waals surface area contributed by atoms with Gasteiger partial charge in [0, 0.05) is 32.5 Å². The average molecular weight is 664 g/mol. The van der Waals surface area contributed by atoms with Gasteiger partial charge in [0.1, 0.15) is 11.2 Å². The maximum atomic E-state index is 6.41. The Morgan fingerprint density at radius 2 is 1.04 bits per heavy atom. The Morgan fingerprint density at radius 1 is 0.404 bits per heavy atom. The van der Waals surface area contributed by atoms with Crippen molar-refractivity contribution in [3.05, 3.63) is 176 Å². The molecule has 4 nitrogen and oxygen atoms in total. The second kappa shape index (κ2) is 11.2. The summed E-state index contributed by atoms with van der Waals surface area (Å²) in [4.78, 5) is 11.0. The maximum Gasteiger partial charge on any atom is 0.235 e. The summed E-state index contributed by atoms with van der Waals surface area (Å²) >= 11 is 0. The Bertz CT molecular complexity index is 3180. The van der Waals surface area contributed by atoms with Gasteiger partial charge in [0.05, 0.1) is 22.2 Å². The molecular weight excluding hydrogens is 635 g/mol. The number of para-hydroxylation sites is 2. The molecule has 0 aliphatic carbocycles. The molecule has 8 aromatic carbocycles. The molecule has 0 saturated carbocycles. The summed E-state index contributed by atoms with van der Waals surface area (Å²) in [6.45, 7) is 0. The molecule has 0 N–H and O–H groups in total. The van der Waals surface area contributed by atoms with Crippen molar-refractivity contribution in [2.24, 2.45) is 0 Å². The minimum atomic E-state index is 0.625. The number of rotatable bonds is 4. The van der Waals surface area contributed by atoms with Crippen LogP contribution in [0.15, 0.2) is 180 Å². The molecule has 0 atom stereocenters. The van der Waals surface area contributed by atoms with Crippen LogP contribution in [0.3, 0.4) is 0 Å². The first-order valence-corrected chi connectivity index (χ1v) is 17.6. The SMILES string of the molecule is c1ccc(-c2cc3nc(-n4c5ccccc5c5cc6ccccc6cc54)nc(-c4cccc5oc6ccccc6c45)c3cc2-c2ccccc2)cc1. The molecule has 3 heterocycles. The minimum Gasteiger partial charge on any atom is -0.456 e. The van der Waals surface area contributed by atoms with Gasteiger partial charge in [-0.25, -0.2) is 9.97 Å². The van der Waals surface area contributed by atoms with Gasteiger partial charge in [-0.1, -0.05) is 133 Å². The van der Waals surface area contributed by atoms with Crippen LogP contribution in [0.2, 0.25) is 0 Å². The molecule has 0 aliphatic heterocycles. The summed E-state index contributed by atoms with van der Waals surface area (Å²) in [7, 11) is 0. The molecule has 0 radical (unpaired) electrons. The number of fused-ring (bicyclic) bond motifs is 8. The highest BCUT2D eigenvalue weighted by Crippen LogP contribution is 2.43. The van der Waals surface area contributed by atoms with Gasteiger partial charge >= 0.3 is 0 Å². The average Bonchev–Trinajstić information content (AvgIpc) is 3.75. The van der Waals surface area contributed by atoms with E-state index in [9.17, 15) is 0 Å². The van der Waals surface area contributed by atoms with Crippen LogP contribution in [0.1, 0.15) is 0 Å². The lowest BCUT2D eigenvalue weighted by molar-refractivity contribution is 0.669. The molecular formula is C48H29N3O. The van der Waals surface area contributed by atoms with E-state index < -0.39 is 0 Å². The second-order valence-electron chi connectivity index (χ2n) is 13.4. The molecule has 0 saturated heterocycles. The van der Waals surface area contributed by atoms with E-state index in [2.05, 4.69) is 162 Å². The van der Waals surface area contributed by atoms with Crippen LogP contribution in [0.4, 0.5) is 0 Å². The highest BCUT2D eigenvalue weighted by atomic mass is 16.3. The molecule has 0 unspecified atom stereocenters. The summed E-state index contributed by atoms with van der Waals surface area (Å²) in [6.07, 6.45) is 0. The summed E-state index contributed by atoms with van der Waals surface area (Å²) in [6, 6.07) is 62.0. The van der Waals surface area contributed by atoms with E-state index in [0.29, 0.717) is 5.95 Å². The minimum absolute atomic E-state index is 0.625. The van der Waals surface area contributed by atoms with E-state index >= 15 is 0 Å². The molecule has 0 fully saturated rings. The van der Waals surface area contributed by atoms with Crippen molar-refractivity contribution in [1.82, 2.24) is 14.5 Å². The molecule has 4 heteroatoms. The first-order valence-electron chi connectivity index (χ1n) is 17.6. The van der Waals surface area contributed by atoms with Crippen LogP contribution in [-0.4, -0.2) is 14.5 Å². The zero-order valence-electron chi connectivity index (χ0n) is 28.0. The van der Waals surface area contributed by atoms with Crippen LogP contribution in [0, 0.1) is 0 Å². The van der Waals surface area contributed by atoms with Crippen molar-refractivity contribution in [2.75, 3.05) is 0 Å². The third-order valence-corrected chi connectivity index (χ3v) is 10.4. The Morgan fingerprint density at radius 3 is 1.83 bits per heavy atom. The van der Waals surface area contributed by atoms with Crippen LogP contribution in [0.5, 0.6) is 0 Å². The molecule has 0 bridgehead atoms. The molecule has 3 aromatic heterocycles. The molecule has 11 rings (SSSR count). The van der Waals surface area contributed by atoms with E-state index in [1.807, 2.05) is 18.2 Å². The summed E-state index contributed by atoms with van der Waals surface area (Å²) in [5.41, 5.74) is 11.1. The van der Waals surface area contributed by atoms with E-state index in [1.54, 1.807) is 0 Å². The van der Waals surface area contributed by atoms with E-state index in [4.69, 9.17) is 14.4 Å². The first kappa shape index (κ1) is 28.8. The number of nitrogens with zero attached hydrogens (tertiary/aromatic N) is 3. The van der Waals surface area contributed by atoms with E-state index in [1.165, 1.54) is 21.5 Å². The highest BCUT2D eigenvalue weighted by molar-refractivity contribution is 6.16. The quantitative estimate of drug-likeness (QED) is 0.188. The van der Waals surface area contributed by atoms with Gasteiger partial charge in [0.25, 0.3) is 0 Å². The zero-order valence-corrected chi connectivity index (χ0v) is 28.0. The Hall–Kier alpha value is -7.04. The van der Waals surface area contributed by atoms with Gasteiger partial charge in [-0.05, 0) is 75.5 Å². The monoisotopic (exact) mass is 663 g/mol. The summed E-state index contributed by atoms with van der Waals surface area (Å²) < 4.78 is 8.64. The van der Waals surface area contributed by atoms with Crippen molar-refractivity contribution < 1.29 is 4.42 Å². The fourth-order valence-corrected chi connectivity index (χ4v) is 8.02. The number of furan rings is 1. The van der Waals surface area contributed by atoms with E-state index in [0.717, 1.165) is 77.4 Å². The third-order valence-electron chi connectivity index (χ3n) is 10.4. The molecule has 0 spiro atoms. The van der Waals surface area contributed by atoms with Gasteiger partial charge < -0.3 is 4.42 Å². The molecule has 52 heavy (non-hydrogen) atoms. The molecule has 242 valence electrons. The molecule has 0 aliphatic rings. The zero-order chi connectivity index (χ0) is 34.2. The van der Waals surface area contributed by atoms with Crippen molar-refractivity contribution in [3.63, 3.8) is 0 Å². The number of hydrogen-bond donors (Lipinski definition) is 0. The fourth-order valence-electron chi connectivity index (χ4n) is 8.02. The van der Waals surface area contributed by atoms with Crippen LogP contribution < -0.4 is 0 Å². The number of hydrogen-bond acceptors (Lipinski definition) is 3. The normalized spacial score (nSPS) is 11.8. The predicted octanol–water partition coefficient (Wildman–Crippen LogP) is 12.8. The number of aromatic nitrogens is 3. The van der Waals surface area contributed by atoms with Gasteiger partial charge in [-0.15, -0.1) is 0 Å². The Kier molecular flexibility index (Phi) is 6.22. The van der Waals surface area contributed by atoms with Crippen molar-refractivity contribution in [3.8, 4) is 39.5 Å². The van der Waals surface area contributed by atoms with Crippen molar-refractivity contribution in [2.45, 2.75) is 0 Å². The lowest BCUT2D eigenvalue weighted by atomic mass is 9.91. The second-order valence-corrected chi connectivity index (χ2v) is 13.4. The highest BCUT2D eigenvalue weighted by Gasteiger charge is 2.22. The standard InChI is InChI=1S/C48H29N3O/c1-3-14-30(15-4-1)37-28-40-41(29-38(37)31-16-5-2-6-17-31)49-48(50-47(40)36-22-13-25-45-46(36)35-21-10-12-24-44(35)52-45)51-42-23-11-9-20-34(42)39-26-32-18-7-8-19-33(32)27-43(39)51/h1-29H. The predicted molar refractivity (Wildman–Crippen MR) is 215 cm³/mol. The van der Waals surface area contributed by atoms with Crippen LogP contribution in [0.25, 0.3) is 105 Å². The lowest BCUT2D eigenvalue weighted by Crippen LogP contribution is -2.04. The lowest BCUT2D eigenvalue weighted by Gasteiger charge is -2.16. The Labute approximate surface area is 298 Å². The van der Waals surface area contributed by atoms with Gasteiger partial charge in [-0.2, -0.15) is 0 Å². The number of benzene rings is 8. The smallest absolute Gasteiger partial charge is 0.235 e. The largest absolute Gasteiger partial charge is 0.456 e. The van der Waals surface area contributed by atoms with Gasteiger partial charge in [0.2, 0.25) is 5.95 Å².